The average molecular weight is 234 g/mol. The van der Waals surface area contributed by atoms with E-state index in [2.05, 4.69) is 0 Å². The van der Waals surface area contributed by atoms with Gasteiger partial charge in [0, 0.05) is 12.0 Å². The highest BCUT2D eigenvalue weighted by molar-refractivity contribution is 5.26. The minimum absolute atomic E-state index is 0.256. The molecular weight excluding hydrogens is 219 g/mol. The number of halogens is 1. The Hall–Kier alpha value is -1.61. The van der Waals surface area contributed by atoms with Crippen molar-refractivity contribution in [1.82, 2.24) is 0 Å². The van der Waals surface area contributed by atoms with E-state index in [4.69, 9.17) is 4.42 Å². The lowest BCUT2D eigenvalue weighted by Gasteiger charge is -2.10. The Morgan fingerprint density at radius 1 is 1.29 bits per heavy atom. The van der Waals surface area contributed by atoms with Crippen LogP contribution in [0.5, 0.6) is 0 Å². The van der Waals surface area contributed by atoms with Crippen molar-refractivity contribution in [3.63, 3.8) is 0 Å². The summed E-state index contributed by atoms with van der Waals surface area (Å²) in [6.07, 6.45) is -0.476. The van der Waals surface area contributed by atoms with Crippen LogP contribution in [0.25, 0.3) is 0 Å². The van der Waals surface area contributed by atoms with Crippen LogP contribution in [-0.4, -0.2) is 5.11 Å². The monoisotopic (exact) mass is 234 g/mol. The summed E-state index contributed by atoms with van der Waals surface area (Å²) < 4.78 is 18.8. The lowest BCUT2D eigenvalue weighted by atomic mass is 10.0. The molecule has 0 saturated carbocycles. The molecule has 0 aliphatic rings. The first kappa shape index (κ1) is 11.9. The SMILES string of the molecule is Cc1cc(C(O)Cc2ccccc2F)c(C)o1. The number of benzene rings is 1. The Morgan fingerprint density at radius 3 is 2.59 bits per heavy atom. The smallest absolute Gasteiger partial charge is 0.126 e. The van der Waals surface area contributed by atoms with E-state index in [1.54, 1.807) is 31.2 Å². The van der Waals surface area contributed by atoms with Gasteiger partial charge in [-0.15, -0.1) is 0 Å². The van der Waals surface area contributed by atoms with E-state index in [1.807, 2.05) is 6.92 Å². The summed E-state index contributed by atoms with van der Waals surface area (Å²) in [5.74, 6) is 1.15. The van der Waals surface area contributed by atoms with Crippen molar-refractivity contribution in [3.8, 4) is 0 Å². The number of aryl methyl sites for hydroxylation is 2. The van der Waals surface area contributed by atoms with Crippen LogP contribution in [0.3, 0.4) is 0 Å². The number of aliphatic hydroxyl groups is 1. The lowest BCUT2D eigenvalue weighted by molar-refractivity contribution is 0.175. The quantitative estimate of drug-likeness (QED) is 0.883. The Bertz CT molecular complexity index is 517. The second-order valence-corrected chi connectivity index (χ2v) is 4.18. The second kappa shape index (κ2) is 4.72. The molecule has 0 amide bonds. The van der Waals surface area contributed by atoms with Crippen molar-refractivity contribution in [3.05, 3.63) is 58.8 Å². The standard InChI is InChI=1S/C14H15FO2/c1-9-7-12(10(2)17-9)14(16)8-11-5-3-4-6-13(11)15/h3-7,14,16H,8H2,1-2H3. The van der Waals surface area contributed by atoms with E-state index in [9.17, 15) is 9.50 Å². The Balaban J connectivity index is 2.20. The lowest BCUT2D eigenvalue weighted by Crippen LogP contribution is -2.03. The molecule has 17 heavy (non-hydrogen) atoms. The topological polar surface area (TPSA) is 33.4 Å². The van der Waals surface area contributed by atoms with Crippen molar-refractivity contribution < 1.29 is 13.9 Å². The summed E-state index contributed by atoms with van der Waals surface area (Å²) in [7, 11) is 0. The fourth-order valence-corrected chi connectivity index (χ4v) is 1.96. The zero-order valence-electron chi connectivity index (χ0n) is 9.90. The molecule has 0 spiro atoms. The maximum Gasteiger partial charge on any atom is 0.126 e. The number of furan rings is 1. The molecule has 1 aromatic carbocycles. The second-order valence-electron chi connectivity index (χ2n) is 4.18. The molecule has 1 unspecified atom stereocenters. The Labute approximate surface area is 99.7 Å². The van der Waals surface area contributed by atoms with E-state index in [0.29, 0.717) is 11.3 Å². The van der Waals surface area contributed by atoms with Crippen molar-refractivity contribution >= 4 is 0 Å². The first-order valence-electron chi connectivity index (χ1n) is 5.56. The van der Waals surface area contributed by atoms with E-state index >= 15 is 0 Å². The third kappa shape index (κ3) is 2.56. The summed E-state index contributed by atoms with van der Waals surface area (Å²) in [6, 6.07) is 8.27. The first-order chi connectivity index (χ1) is 8.08. The van der Waals surface area contributed by atoms with Crippen molar-refractivity contribution in [1.29, 1.82) is 0 Å². The minimum atomic E-state index is -0.732. The molecule has 1 atom stereocenters. The third-order valence-corrected chi connectivity index (χ3v) is 2.81. The average Bonchev–Trinajstić information content (AvgIpc) is 2.61. The minimum Gasteiger partial charge on any atom is -0.466 e. The predicted molar refractivity (Wildman–Crippen MR) is 63.2 cm³/mol. The number of hydrogen-bond donors (Lipinski definition) is 1. The van der Waals surface area contributed by atoms with Gasteiger partial charge in [0.15, 0.2) is 0 Å². The maximum atomic E-state index is 13.4. The zero-order chi connectivity index (χ0) is 12.4. The Kier molecular flexibility index (Phi) is 3.29. The van der Waals surface area contributed by atoms with Gasteiger partial charge in [0.1, 0.15) is 17.3 Å². The maximum absolute atomic E-state index is 13.4. The van der Waals surface area contributed by atoms with Gasteiger partial charge in [0.2, 0.25) is 0 Å². The molecule has 2 nitrogen and oxygen atoms in total. The third-order valence-electron chi connectivity index (χ3n) is 2.81. The largest absolute Gasteiger partial charge is 0.466 e. The van der Waals surface area contributed by atoms with Gasteiger partial charge >= 0.3 is 0 Å². The van der Waals surface area contributed by atoms with Crippen LogP contribution in [0.1, 0.15) is 28.8 Å². The Morgan fingerprint density at radius 2 is 2.00 bits per heavy atom. The number of hydrogen-bond acceptors (Lipinski definition) is 2. The highest BCUT2D eigenvalue weighted by Gasteiger charge is 2.16. The van der Waals surface area contributed by atoms with Crippen LogP contribution in [0.15, 0.2) is 34.7 Å². The molecule has 2 aromatic rings. The van der Waals surface area contributed by atoms with Gasteiger partial charge in [-0.25, -0.2) is 4.39 Å². The van der Waals surface area contributed by atoms with Gasteiger partial charge in [-0.05, 0) is 31.5 Å². The van der Waals surface area contributed by atoms with Crippen LogP contribution >= 0.6 is 0 Å². The molecule has 2 rings (SSSR count). The molecule has 0 fully saturated rings. The zero-order valence-corrected chi connectivity index (χ0v) is 9.90. The van der Waals surface area contributed by atoms with Gasteiger partial charge in [0.25, 0.3) is 0 Å². The fraction of sp³-hybridized carbons (Fsp3) is 0.286. The summed E-state index contributed by atoms with van der Waals surface area (Å²) >= 11 is 0. The summed E-state index contributed by atoms with van der Waals surface area (Å²) in [5, 5.41) is 10.1. The molecule has 0 radical (unpaired) electrons. The molecule has 0 aliphatic heterocycles. The molecule has 3 heteroatoms. The first-order valence-corrected chi connectivity index (χ1v) is 5.56. The molecule has 1 heterocycles. The van der Waals surface area contributed by atoms with Crippen LogP contribution < -0.4 is 0 Å². The van der Waals surface area contributed by atoms with Crippen LogP contribution in [0.4, 0.5) is 4.39 Å². The molecule has 1 aromatic heterocycles. The molecule has 0 bridgehead atoms. The molecule has 1 N–H and O–H groups in total. The molecule has 90 valence electrons. The van der Waals surface area contributed by atoms with Crippen molar-refractivity contribution in [2.24, 2.45) is 0 Å². The molecule has 0 saturated heterocycles. The van der Waals surface area contributed by atoms with E-state index in [1.165, 1.54) is 6.07 Å². The van der Waals surface area contributed by atoms with Gasteiger partial charge in [-0.1, -0.05) is 18.2 Å². The summed E-state index contributed by atoms with van der Waals surface area (Å²) in [6.45, 7) is 3.62. The van der Waals surface area contributed by atoms with Gasteiger partial charge in [-0.3, -0.25) is 0 Å². The highest BCUT2D eigenvalue weighted by Crippen LogP contribution is 2.25. The molecular formula is C14H15FO2. The van der Waals surface area contributed by atoms with Crippen molar-refractivity contribution in [2.75, 3.05) is 0 Å². The molecule has 0 aliphatic carbocycles. The van der Waals surface area contributed by atoms with Gasteiger partial charge in [-0.2, -0.15) is 0 Å². The predicted octanol–water partition coefficient (Wildman–Crippen LogP) is 3.31. The van der Waals surface area contributed by atoms with E-state index in [-0.39, 0.29) is 12.2 Å². The summed E-state index contributed by atoms with van der Waals surface area (Å²) in [5.41, 5.74) is 1.24. The normalized spacial score (nSPS) is 12.7. The van der Waals surface area contributed by atoms with Crippen molar-refractivity contribution in [2.45, 2.75) is 26.4 Å². The van der Waals surface area contributed by atoms with Gasteiger partial charge in [0.05, 0.1) is 6.10 Å². The fourth-order valence-electron chi connectivity index (χ4n) is 1.96. The van der Waals surface area contributed by atoms with Crippen LogP contribution in [0, 0.1) is 19.7 Å². The van der Waals surface area contributed by atoms with E-state index in [0.717, 1.165) is 11.3 Å². The number of aliphatic hydroxyl groups excluding tert-OH is 1. The number of rotatable bonds is 3. The van der Waals surface area contributed by atoms with Crippen LogP contribution in [0.2, 0.25) is 0 Å². The van der Waals surface area contributed by atoms with Gasteiger partial charge < -0.3 is 9.52 Å². The summed E-state index contributed by atoms with van der Waals surface area (Å²) in [4.78, 5) is 0. The highest BCUT2D eigenvalue weighted by atomic mass is 19.1. The van der Waals surface area contributed by atoms with Crippen LogP contribution in [-0.2, 0) is 6.42 Å². The van der Waals surface area contributed by atoms with E-state index < -0.39 is 6.10 Å².